The van der Waals surface area contributed by atoms with E-state index in [-0.39, 0.29) is 27.6 Å². The number of phenolic OH excluding ortho intramolecular Hbond substituents is 2. The number of aryl methyl sites for hydroxylation is 2. The number of rotatable bonds is 32. The van der Waals surface area contributed by atoms with Crippen LogP contribution in [0, 0.1) is 11.8 Å². The van der Waals surface area contributed by atoms with E-state index in [1.807, 2.05) is 62.4 Å². The van der Waals surface area contributed by atoms with E-state index in [4.69, 9.17) is 30.4 Å². The molecule has 0 spiro atoms. The minimum atomic E-state index is -1.28. The molecule has 0 amide bonds. The van der Waals surface area contributed by atoms with Crippen molar-refractivity contribution in [1.82, 2.24) is 0 Å². The van der Waals surface area contributed by atoms with Gasteiger partial charge in [0.15, 0.2) is 0 Å². The van der Waals surface area contributed by atoms with Crippen LogP contribution in [0.3, 0.4) is 0 Å². The first-order valence-corrected chi connectivity index (χ1v) is 27.2. The molecule has 0 fully saturated rings. The molecule has 0 unspecified atom stereocenters. The van der Waals surface area contributed by atoms with Crippen molar-refractivity contribution in [1.29, 1.82) is 0 Å². The number of benzene rings is 4. The number of hydrogen-bond donors (Lipinski definition) is 4. The van der Waals surface area contributed by atoms with Gasteiger partial charge in [0.25, 0.3) is 0 Å². The monoisotopic (exact) mass is 1040 g/mol. The van der Waals surface area contributed by atoms with Crippen molar-refractivity contribution in [2.24, 2.45) is 9.98 Å². The zero-order chi connectivity index (χ0) is 52.6. The van der Waals surface area contributed by atoms with E-state index in [0.29, 0.717) is 24.0 Å². The van der Waals surface area contributed by atoms with Crippen LogP contribution in [0.1, 0.15) is 226 Å². The molecule has 4 aromatic carbocycles. The van der Waals surface area contributed by atoms with Crippen LogP contribution in [-0.2, 0) is 29.3 Å². The molecule has 0 saturated heterocycles. The second-order valence-corrected chi connectivity index (χ2v) is 18.6. The Bertz CT molecular complexity index is 2160. The van der Waals surface area contributed by atoms with Crippen molar-refractivity contribution in [3.05, 3.63) is 107 Å². The molecule has 73 heavy (non-hydrogen) atoms. The fourth-order valence-electron chi connectivity index (χ4n) is 8.15. The molecule has 0 aromatic heterocycles. The van der Waals surface area contributed by atoms with Crippen molar-refractivity contribution in [2.75, 3.05) is 0 Å². The summed E-state index contributed by atoms with van der Waals surface area (Å²) in [6.45, 7) is 8.51. The van der Waals surface area contributed by atoms with Gasteiger partial charge in [-0.3, -0.25) is 4.99 Å². The molecule has 11 heteroatoms. The molecule has 0 aliphatic rings. The molecule has 10 nitrogen and oxygen atoms in total. The van der Waals surface area contributed by atoms with E-state index >= 15 is 0 Å². The summed E-state index contributed by atoms with van der Waals surface area (Å²) in [5.74, 6) is 1.74. The van der Waals surface area contributed by atoms with Crippen LogP contribution in [-0.4, -0.2) is 43.8 Å². The molecule has 4 N–H and O–H groups in total. The predicted molar refractivity (Wildman–Crippen MR) is 294 cm³/mol. The van der Waals surface area contributed by atoms with E-state index in [0.717, 1.165) is 67.7 Å². The van der Waals surface area contributed by atoms with Crippen molar-refractivity contribution in [3.63, 3.8) is 0 Å². The van der Waals surface area contributed by atoms with Crippen LogP contribution < -0.4 is 10.2 Å². The first-order valence-electron chi connectivity index (χ1n) is 27.2. The van der Waals surface area contributed by atoms with Crippen LogP contribution in [0.4, 0.5) is 11.4 Å². The Morgan fingerprint density at radius 2 is 0.822 bits per heavy atom. The molecule has 4 rings (SSSR count). The number of unbranched alkanes of at least 4 members (excludes halogenated alkanes) is 21. The minimum absolute atomic E-state index is 0. The van der Waals surface area contributed by atoms with Gasteiger partial charge in [-0.1, -0.05) is 222 Å². The molecular formula is C62H86N2NiO8. The molecule has 0 bridgehead atoms. The average Bonchev–Trinajstić information content (AvgIpc) is 3.37. The van der Waals surface area contributed by atoms with Crippen LogP contribution in [0.2, 0.25) is 0 Å². The third kappa shape index (κ3) is 28.5. The molecule has 0 radical (unpaired) electrons. The van der Waals surface area contributed by atoms with Crippen molar-refractivity contribution < 1.29 is 56.7 Å². The second kappa shape index (κ2) is 41.8. The first kappa shape index (κ1) is 65.4. The van der Waals surface area contributed by atoms with Gasteiger partial charge in [0.2, 0.25) is 0 Å². The van der Waals surface area contributed by atoms with Crippen molar-refractivity contribution in [2.45, 2.75) is 207 Å². The maximum absolute atomic E-state index is 11.4. The largest absolute Gasteiger partial charge is 2.00 e. The number of para-hydroxylation sites is 2. The quantitative estimate of drug-likeness (QED) is 0.0161. The normalized spacial score (nSPS) is 11.0. The summed E-state index contributed by atoms with van der Waals surface area (Å²) < 4.78 is 0. The van der Waals surface area contributed by atoms with Crippen molar-refractivity contribution >= 4 is 34.7 Å². The van der Waals surface area contributed by atoms with E-state index < -0.39 is 34.9 Å². The standard InChI is InChI=1S/C40H60N2.2C11H14O4.Ni/c1-3-5-7-8-9-10-11-12-13-14-15-16-17-18-19-20-21-22-30-36-40(42-38-33-28-24-29-34-38)39(35-25-6-4-2)41-37-31-26-23-27-32-37;2*1-2-3-4-7-5-6-8(12)10(13)9(7)11(14)15;/h23-24,26-29,31-34H,3-22,25,35H2,1-2H3;2*5-6,12-13H,2-4H2,1H3,(H,14,15);/q;;;+2/p-2. The van der Waals surface area contributed by atoms with Crippen molar-refractivity contribution in [3.8, 4) is 34.8 Å². The van der Waals surface area contributed by atoms with E-state index in [2.05, 4.69) is 37.8 Å². The van der Waals surface area contributed by atoms with E-state index in [1.165, 1.54) is 146 Å². The third-order valence-corrected chi connectivity index (χ3v) is 12.4. The summed E-state index contributed by atoms with van der Waals surface area (Å²) in [5.41, 5.74) is 4.13. The zero-order valence-corrected chi connectivity index (χ0v) is 45.5. The molecular weight excluding hydrogens is 959 g/mol. The molecule has 0 aliphatic heterocycles. The van der Waals surface area contributed by atoms with Gasteiger partial charge < -0.3 is 30.6 Å². The van der Waals surface area contributed by atoms with Gasteiger partial charge in [-0.25, -0.2) is 14.6 Å². The van der Waals surface area contributed by atoms with Crippen LogP contribution in [0.5, 0.6) is 23.0 Å². The topological polar surface area (TPSA) is 186 Å². The third-order valence-electron chi connectivity index (χ3n) is 12.4. The number of aromatic carboxylic acids is 2. The summed E-state index contributed by atoms with van der Waals surface area (Å²) in [6, 6.07) is 25.9. The maximum atomic E-state index is 11.4. The molecule has 0 saturated carbocycles. The van der Waals surface area contributed by atoms with Gasteiger partial charge in [-0.05, 0) is 98.4 Å². The number of hydrogen-bond acceptors (Lipinski definition) is 8. The van der Waals surface area contributed by atoms with Crippen LogP contribution in [0.25, 0.3) is 0 Å². The molecule has 0 aliphatic carbocycles. The number of carbonyl (C=O) groups is 2. The molecule has 4 aromatic rings. The SMILES string of the molecule is CCCCCCCCCCCCCCCCCCCC#CC(=Nc1ccccc1)C(CCCCC)=Nc1ccccc1.CCCCc1ccc(O)c([O-])c1C(=O)O.CCCCc1ccc(O)c([O-])c1C(=O)O.[Ni+2]. The van der Waals surface area contributed by atoms with Gasteiger partial charge in [0, 0.05) is 6.42 Å². The fourth-order valence-corrected chi connectivity index (χ4v) is 8.15. The van der Waals surface area contributed by atoms with Gasteiger partial charge >= 0.3 is 28.4 Å². The summed E-state index contributed by atoms with van der Waals surface area (Å²) in [7, 11) is 0. The predicted octanol–water partition coefficient (Wildman–Crippen LogP) is 16.2. The van der Waals surface area contributed by atoms with Gasteiger partial charge in [-0.15, -0.1) is 0 Å². The Hall–Kier alpha value is -5.59. The second-order valence-electron chi connectivity index (χ2n) is 18.6. The summed E-state index contributed by atoms with van der Waals surface area (Å²) in [5, 5.41) is 58.7. The number of phenols is 2. The van der Waals surface area contributed by atoms with Crippen LogP contribution >= 0.6 is 0 Å². The number of aromatic hydroxyl groups is 2. The maximum Gasteiger partial charge on any atom is 2.00 e. The minimum Gasteiger partial charge on any atom is -0.869 e. The summed E-state index contributed by atoms with van der Waals surface area (Å²) in [6.07, 6.45) is 33.7. The molecule has 0 heterocycles. The fraction of sp³-hybridized carbons (Fsp3) is 0.516. The molecule has 0 atom stereocenters. The average molecular weight is 1050 g/mol. The Balaban J connectivity index is 0.000000695. The Labute approximate surface area is 448 Å². The zero-order valence-electron chi connectivity index (χ0n) is 44.5. The number of nitrogens with zero attached hydrogens (tertiary/aromatic N) is 2. The Morgan fingerprint density at radius 1 is 0.466 bits per heavy atom. The summed E-state index contributed by atoms with van der Waals surface area (Å²) >= 11 is 0. The van der Waals surface area contributed by atoms with Gasteiger partial charge in [-0.2, -0.15) is 0 Å². The van der Waals surface area contributed by atoms with E-state index in [1.54, 1.807) is 0 Å². The number of aliphatic imine (C=N–C) groups is 2. The Kier molecular flexibility index (Phi) is 37.5. The number of carboxylic acids is 2. The summed E-state index contributed by atoms with van der Waals surface area (Å²) in [4.78, 5) is 31.7. The first-order chi connectivity index (χ1) is 35.0. The van der Waals surface area contributed by atoms with Crippen LogP contribution in [0.15, 0.2) is 94.9 Å². The van der Waals surface area contributed by atoms with Gasteiger partial charge in [0.05, 0.1) is 28.2 Å². The number of carboxylic acid groups (broad SMARTS) is 2. The Morgan fingerprint density at radius 3 is 1.21 bits per heavy atom. The molecule has 402 valence electrons. The van der Waals surface area contributed by atoms with E-state index in [9.17, 15) is 19.8 Å². The smallest absolute Gasteiger partial charge is 0.869 e. The van der Waals surface area contributed by atoms with Gasteiger partial charge in [0.1, 0.15) is 17.2 Å².